The zero-order valence-electron chi connectivity index (χ0n) is 13.3. The molecule has 23 heavy (non-hydrogen) atoms. The summed E-state index contributed by atoms with van der Waals surface area (Å²) in [5.74, 6) is -1.09. The summed E-state index contributed by atoms with van der Waals surface area (Å²) in [6, 6.07) is 7.83. The van der Waals surface area contributed by atoms with E-state index in [2.05, 4.69) is 21.3 Å². The zero-order chi connectivity index (χ0) is 16.8. The number of rotatable bonds is 6. The second-order valence-electron chi connectivity index (χ2n) is 5.66. The lowest BCUT2D eigenvalue weighted by Gasteiger charge is -2.15. The van der Waals surface area contributed by atoms with Crippen LogP contribution >= 0.6 is 0 Å². The third kappa shape index (κ3) is 5.02. The van der Waals surface area contributed by atoms with Crippen molar-refractivity contribution in [1.29, 1.82) is 0 Å². The highest BCUT2D eigenvalue weighted by Gasteiger charge is 2.09. The van der Waals surface area contributed by atoms with E-state index in [1.807, 2.05) is 26.2 Å². The van der Waals surface area contributed by atoms with Gasteiger partial charge in [-0.2, -0.15) is 0 Å². The lowest BCUT2D eigenvalue weighted by Crippen LogP contribution is -2.40. The van der Waals surface area contributed by atoms with Gasteiger partial charge in [0.05, 0.1) is 0 Å². The van der Waals surface area contributed by atoms with Gasteiger partial charge < -0.3 is 20.3 Å². The number of hydrogen-bond donors (Lipinski definition) is 3. The van der Waals surface area contributed by atoms with Crippen molar-refractivity contribution < 1.29 is 14.3 Å². The Balaban J connectivity index is 1.73. The largest absolute Gasteiger partial charge is 0.505 e. The molecule has 1 heterocycles. The maximum Gasteiger partial charge on any atom is 0.315 e. The predicted octanol–water partition coefficient (Wildman–Crippen LogP) is 2.69. The molecule has 2 rings (SSSR count). The van der Waals surface area contributed by atoms with E-state index >= 15 is 0 Å². The van der Waals surface area contributed by atoms with Crippen molar-refractivity contribution in [3.63, 3.8) is 0 Å². The number of phenols is 1. The van der Waals surface area contributed by atoms with Crippen molar-refractivity contribution >= 4 is 6.03 Å². The Morgan fingerprint density at radius 1 is 1.39 bits per heavy atom. The normalized spacial score (nSPS) is 12.0. The highest BCUT2D eigenvalue weighted by molar-refractivity contribution is 5.74. The summed E-state index contributed by atoms with van der Waals surface area (Å²) in [5.41, 5.74) is 1.81. The van der Waals surface area contributed by atoms with Crippen LogP contribution in [0.1, 0.15) is 24.6 Å². The topological polar surface area (TPSA) is 66.3 Å². The third-order valence-corrected chi connectivity index (χ3v) is 3.73. The fourth-order valence-corrected chi connectivity index (χ4v) is 2.31. The summed E-state index contributed by atoms with van der Waals surface area (Å²) < 4.78 is 15.3. The Morgan fingerprint density at radius 2 is 2.17 bits per heavy atom. The van der Waals surface area contributed by atoms with Crippen molar-refractivity contribution in [3.05, 3.63) is 53.6 Å². The van der Waals surface area contributed by atoms with E-state index in [1.165, 1.54) is 17.8 Å². The minimum Gasteiger partial charge on any atom is -0.505 e. The molecule has 0 saturated carbocycles. The molecular formula is C17H22FN3O2. The third-order valence-electron chi connectivity index (χ3n) is 3.73. The van der Waals surface area contributed by atoms with Crippen LogP contribution in [0.4, 0.5) is 9.18 Å². The first-order chi connectivity index (χ1) is 11.0. The number of aromatic nitrogens is 1. The van der Waals surface area contributed by atoms with E-state index in [0.29, 0.717) is 5.56 Å². The summed E-state index contributed by atoms with van der Waals surface area (Å²) >= 11 is 0. The number of hydrogen-bond acceptors (Lipinski definition) is 2. The zero-order valence-corrected chi connectivity index (χ0v) is 13.3. The van der Waals surface area contributed by atoms with Gasteiger partial charge in [-0.1, -0.05) is 6.07 Å². The van der Waals surface area contributed by atoms with Gasteiger partial charge in [0.15, 0.2) is 11.6 Å². The fraction of sp³-hybridized carbons (Fsp3) is 0.353. The second-order valence-corrected chi connectivity index (χ2v) is 5.66. The Labute approximate surface area is 135 Å². The van der Waals surface area contributed by atoms with Gasteiger partial charge in [0.1, 0.15) is 0 Å². The molecule has 0 spiro atoms. The number of carbonyl (C=O) groups is 1. The Bertz CT molecular complexity index is 670. The summed E-state index contributed by atoms with van der Waals surface area (Å²) in [5, 5.41) is 14.7. The fourth-order valence-electron chi connectivity index (χ4n) is 2.31. The maximum absolute atomic E-state index is 13.2. The van der Waals surface area contributed by atoms with E-state index in [4.69, 9.17) is 5.11 Å². The van der Waals surface area contributed by atoms with Crippen LogP contribution in [0.2, 0.25) is 0 Å². The molecule has 1 atom stereocenters. The smallest absolute Gasteiger partial charge is 0.315 e. The lowest BCUT2D eigenvalue weighted by atomic mass is 10.1. The number of carbonyl (C=O) groups excluding carboxylic acids is 1. The van der Waals surface area contributed by atoms with Crippen LogP contribution in [0.3, 0.4) is 0 Å². The van der Waals surface area contributed by atoms with E-state index in [0.717, 1.165) is 12.8 Å². The van der Waals surface area contributed by atoms with E-state index in [9.17, 15) is 9.18 Å². The van der Waals surface area contributed by atoms with Gasteiger partial charge in [-0.05, 0) is 49.6 Å². The minimum atomic E-state index is -0.694. The molecule has 6 heteroatoms. The lowest BCUT2D eigenvalue weighted by molar-refractivity contribution is 0.236. The Kier molecular flexibility index (Phi) is 5.62. The molecule has 0 bridgehead atoms. The van der Waals surface area contributed by atoms with Crippen LogP contribution < -0.4 is 10.6 Å². The number of nitrogens with one attached hydrogen (secondary N) is 2. The van der Waals surface area contributed by atoms with Crippen LogP contribution in [0.15, 0.2) is 36.5 Å². The summed E-state index contributed by atoms with van der Waals surface area (Å²) in [6.07, 6.45) is 3.71. The molecule has 124 valence electrons. The number of aryl methyl sites for hydroxylation is 2. The first-order valence-corrected chi connectivity index (χ1v) is 7.57. The van der Waals surface area contributed by atoms with Gasteiger partial charge in [0.2, 0.25) is 0 Å². The molecule has 0 saturated heterocycles. The van der Waals surface area contributed by atoms with Crippen molar-refractivity contribution in [3.8, 4) is 5.75 Å². The van der Waals surface area contributed by atoms with Gasteiger partial charge >= 0.3 is 6.03 Å². The molecule has 0 radical (unpaired) electrons. The van der Waals surface area contributed by atoms with E-state index in [-0.39, 0.29) is 18.6 Å². The Morgan fingerprint density at radius 3 is 2.83 bits per heavy atom. The van der Waals surface area contributed by atoms with E-state index in [1.54, 1.807) is 6.07 Å². The average molecular weight is 319 g/mol. The van der Waals surface area contributed by atoms with Gasteiger partial charge in [-0.25, -0.2) is 9.18 Å². The molecule has 0 aliphatic heterocycles. The molecular weight excluding hydrogens is 297 g/mol. The Hall–Kier alpha value is -2.50. The van der Waals surface area contributed by atoms with Crippen LogP contribution in [0, 0.1) is 5.82 Å². The van der Waals surface area contributed by atoms with Gasteiger partial charge in [-0.15, -0.1) is 0 Å². The highest BCUT2D eigenvalue weighted by atomic mass is 19.1. The van der Waals surface area contributed by atoms with Crippen LogP contribution in [-0.4, -0.2) is 21.7 Å². The number of nitrogens with zero attached hydrogens (tertiary/aromatic N) is 1. The first-order valence-electron chi connectivity index (χ1n) is 7.57. The quantitative estimate of drug-likeness (QED) is 0.766. The van der Waals surface area contributed by atoms with Crippen LogP contribution in [-0.2, 0) is 20.0 Å². The molecule has 1 aromatic heterocycles. The molecule has 2 aromatic rings. The standard InChI is InChI=1S/C17H22FN3O2/c1-12(5-7-14-4-3-9-21(14)2)20-17(23)19-11-13-6-8-16(22)15(18)10-13/h3-4,6,8-10,12,22H,5,7,11H2,1-2H3,(H2,19,20,23). The number of aromatic hydroxyl groups is 1. The summed E-state index contributed by atoms with van der Waals surface area (Å²) in [6.45, 7) is 2.15. The number of amides is 2. The number of phenolic OH excluding ortho intramolecular Hbond substituents is 1. The molecule has 0 aliphatic rings. The van der Waals surface area contributed by atoms with Crippen molar-refractivity contribution in [2.75, 3.05) is 0 Å². The maximum atomic E-state index is 13.2. The number of benzene rings is 1. The molecule has 0 aliphatic carbocycles. The summed E-state index contributed by atoms with van der Waals surface area (Å²) in [7, 11) is 2.00. The van der Waals surface area contributed by atoms with Gasteiger partial charge in [-0.3, -0.25) is 0 Å². The van der Waals surface area contributed by atoms with Gasteiger partial charge in [0.25, 0.3) is 0 Å². The number of halogens is 1. The summed E-state index contributed by atoms with van der Waals surface area (Å²) in [4.78, 5) is 11.8. The van der Waals surface area contributed by atoms with E-state index < -0.39 is 11.6 Å². The predicted molar refractivity (Wildman–Crippen MR) is 86.6 cm³/mol. The second kappa shape index (κ2) is 7.67. The molecule has 1 unspecified atom stereocenters. The molecule has 0 fully saturated rings. The minimum absolute atomic E-state index is 0.0291. The number of urea groups is 1. The van der Waals surface area contributed by atoms with Crippen molar-refractivity contribution in [2.45, 2.75) is 32.4 Å². The van der Waals surface area contributed by atoms with Crippen LogP contribution in [0.5, 0.6) is 5.75 Å². The van der Waals surface area contributed by atoms with Gasteiger partial charge in [0, 0.05) is 31.5 Å². The molecule has 5 nitrogen and oxygen atoms in total. The van der Waals surface area contributed by atoms with Crippen LogP contribution in [0.25, 0.3) is 0 Å². The molecule has 3 N–H and O–H groups in total. The molecule has 1 aromatic carbocycles. The molecule has 2 amide bonds. The average Bonchev–Trinajstić information content (AvgIpc) is 2.91. The SMILES string of the molecule is CC(CCc1cccn1C)NC(=O)NCc1ccc(O)c(F)c1. The monoisotopic (exact) mass is 319 g/mol. The van der Waals surface area contributed by atoms with Crippen molar-refractivity contribution in [2.24, 2.45) is 7.05 Å². The highest BCUT2D eigenvalue weighted by Crippen LogP contribution is 2.15. The first kappa shape index (κ1) is 16.9. The van der Waals surface area contributed by atoms with Crippen molar-refractivity contribution in [1.82, 2.24) is 15.2 Å².